The molecule has 0 atom stereocenters. The van der Waals surface area contributed by atoms with E-state index in [4.69, 9.17) is 0 Å². The first-order valence-corrected chi connectivity index (χ1v) is 7.31. The van der Waals surface area contributed by atoms with Crippen LogP contribution in [0.5, 0.6) is 0 Å². The number of Topliss-reactive ketones (excluding diaryl/α,β-unsaturated/α-hetero) is 1. The lowest BCUT2D eigenvalue weighted by Gasteiger charge is -2.20. The van der Waals surface area contributed by atoms with Crippen molar-refractivity contribution in [3.63, 3.8) is 0 Å². The monoisotopic (exact) mass is 234 g/mol. The molecule has 0 N–H and O–H groups in total. The maximum absolute atomic E-state index is 11.7. The van der Waals surface area contributed by atoms with Gasteiger partial charge in [0.1, 0.15) is 15.6 Å². The van der Waals surface area contributed by atoms with Gasteiger partial charge in [0, 0.05) is 17.6 Å². The molecule has 0 unspecified atom stereocenters. The van der Waals surface area contributed by atoms with Crippen LogP contribution < -0.4 is 0 Å². The van der Waals surface area contributed by atoms with E-state index in [0.29, 0.717) is 12.8 Å². The largest absolute Gasteiger partial charge is 0.299 e. The Hall–Kier alpha value is -0.380. The van der Waals surface area contributed by atoms with Crippen LogP contribution in [0.1, 0.15) is 47.0 Å². The molecule has 15 heavy (non-hydrogen) atoms. The number of carbonyl (C=O) groups excluding carboxylic acids is 1. The SMILES string of the molecule is CCC(C)(C)C(=O)CCCS(=O)(=O)CC. The number of sulfone groups is 1. The molecule has 3 nitrogen and oxygen atoms in total. The zero-order valence-electron chi connectivity index (χ0n) is 10.2. The first-order chi connectivity index (χ1) is 6.75. The molecule has 0 aromatic heterocycles. The van der Waals surface area contributed by atoms with Crippen LogP contribution in [0.25, 0.3) is 0 Å². The second-order valence-electron chi connectivity index (χ2n) is 4.50. The fraction of sp³-hybridized carbons (Fsp3) is 0.909. The topological polar surface area (TPSA) is 51.2 Å². The van der Waals surface area contributed by atoms with Gasteiger partial charge in [0.05, 0.1) is 5.75 Å². The maximum Gasteiger partial charge on any atom is 0.150 e. The fourth-order valence-corrected chi connectivity index (χ4v) is 2.01. The molecular formula is C11H22O3S. The lowest BCUT2D eigenvalue weighted by atomic mass is 9.83. The van der Waals surface area contributed by atoms with Crippen molar-refractivity contribution < 1.29 is 13.2 Å². The lowest BCUT2D eigenvalue weighted by molar-refractivity contribution is -0.127. The van der Waals surface area contributed by atoms with Gasteiger partial charge in [-0.25, -0.2) is 8.42 Å². The highest BCUT2D eigenvalue weighted by Crippen LogP contribution is 2.23. The number of rotatable bonds is 7. The molecule has 0 aromatic rings. The van der Waals surface area contributed by atoms with Crippen molar-refractivity contribution in [3.05, 3.63) is 0 Å². The molecule has 0 aliphatic carbocycles. The summed E-state index contributed by atoms with van der Waals surface area (Å²) in [5, 5.41) is 0. The second kappa shape index (κ2) is 5.64. The minimum absolute atomic E-state index is 0.134. The van der Waals surface area contributed by atoms with E-state index in [1.807, 2.05) is 20.8 Å². The minimum Gasteiger partial charge on any atom is -0.299 e. The molecule has 0 saturated carbocycles. The predicted octanol–water partition coefficient (Wildman–Crippen LogP) is 2.21. The van der Waals surface area contributed by atoms with Crippen molar-refractivity contribution >= 4 is 15.6 Å². The normalized spacial score (nSPS) is 12.8. The van der Waals surface area contributed by atoms with Gasteiger partial charge in [-0.15, -0.1) is 0 Å². The fourth-order valence-electron chi connectivity index (χ4n) is 1.13. The summed E-state index contributed by atoms with van der Waals surface area (Å²) in [5.74, 6) is 0.462. The first-order valence-electron chi connectivity index (χ1n) is 5.49. The van der Waals surface area contributed by atoms with Gasteiger partial charge in [0.15, 0.2) is 0 Å². The van der Waals surface area contributed by atoms with Crippen molar-refractivity contribution in [2.75, 3.05) is 11.5 Å². The summed E-state index contributed by atoms with van der Waals surface area (Å²) in [6.07, 6.45) is 1.63. The molecule has 4 heteroatoms. The molecule has 0 heterocycles. The van der Waals surface area contributed by atoms with E-state index in [1.54, 1.807) is 6.92 Å². The molecule has 0 fully saturated rings. The van der Waals surface area contributed by atoms with Gasteiger partial charge < -0.3 is 0 Å². The quantitative estimate of drug-likeness (QED) is 0.678. The molecule has 0 saturated heterocycles. The third kappa shape index (κ3) is 5.30. The Labute approximate surface area is 93.2 Å². The molecule has 0 aliphatic heterocycles. The Morgan fingerprint density at radius 1 is 1.20 bits per heavy atom. The number of carbonyl (C=O) groups is 1. The first kappa shape index (κ1) is 14.6. The van der Waals surface area contributed by atoms with E-state index < -0.39 is 9.84 Å². The van der Waals surface area contributed by atoms with Crippen molar-refractivity contribution in [2.24, 2.45) is 5.41 Å². The van der Waals surface area contributed by atoms with Gasteiger partial charge in [-0.2, -0.15) is 0 Å². The van der Waals surface area contributed by atoms with E-state index in [0.717, 1.165) is 6.42 Å². The van der Waals surface area contributed by atoms with Crippen LogP contribution in [0.4, 0.5) is 0 Å². The summed E-state index contributed by atoms with van der Waals surface area (Å²) in [4.78, 5) is 11.7. The average molecular weight is 234 g/mol. The van der Waals surface area contributed by atoms with E-state index in [-0.39, 0.29) is 22.7 Å². The van der Waals surface area contributed by atoms with Crippen molar-refractivity contribution in [1.82, 2.24) is 0 Å². The molecule has 0 aromatic carbocycles. The third-order valence-corrected chi connectivity index (χ3v) is 4.73. The number of hydrogen-bond donors (Lipinski definition) is 0. The van der Waals surface area contributed by atoms with Crippen LogP contribution in [0.15, 0.2) is 0 Å². The van der Waals surface area contributed by atoms with Gasteiger partial charge in [-0.1, -0.05) is 27.7 Å². The summed E-state index contributed by atoms with van der Waals surface area (Å²) in [5.41, 5.74) is -0.310. The summed E-state index contributed by atoms with van der Waals surface area (Å²) < 4.78 is 22.4. The molecular weight excluding hydrogens is 212 g/mol. The molecule has 0 amide bonds. The Balaban J connectivity index is 4.04. The molecule has 0 aliphatic rings. The molecule has 0 bridgehead atoms. The van der Waals surface area contributed by atoms with E-state index >= 15 is 0 Å². The van der Waals surface area contributed by atoms with Gasteiger partial charge in [-0.05, 0) is 12.8 Å². The molecule has 0 spiro atoms. The lowest BCUT2D eigenvalue weighted by Crippen LogP contribution is -2.23. The van der Waals surface area contributed by atoms with Crippen molar-refractivity contribution in [2.45, 2.75) is 47.0 Å². The number of ketones is 1. The van der Waals surface area contributed by atoms with Crippen LogP contribution in [0.2, 0.25) is 0 Å². The van der Waals surface area contributed by atoms with Crippen LogP contribution >= 0.6 is 0 Å². The number of hydrogen-bond acceptors (Lipinski definition) is 3. The van der Waals surface area contributed by atoms with Gasteiger partial charge in [0.2, 0.25) is 0 Å². The van der Waals surface area contributed by atoms with Gasteiger partial charge in [-0.3, -0.25) is 4.79 Å². The van der Waals surface area contributed by atoms with Crippen molar-refractivity contribution in [1.29, 1.82) is 0 Å². The van der Waals surface area contributed by atoms with Gasteiger partial charge >= 0.3 is 0 Å². The second-order valence-corrected chi connectivity index (χ2v) is 6.97. The Kier molecular flexibility index (Phi) is 5.49. The highest BCUT2D eigenvalue weighted by molar-refractivity contribution is 7.91. The van der Waals surface area contributed by atoms with Crippen molar-refractivity contribution in [3.8, 4) is 0 Å². The highest BCUT2D eigenvalue weighted by Gasteiger charge is 2.24. The van der Waals surface area contributed by atoms with Crippen LogP contribution in [-0.2, 0) is 14.6 Å². The predicted molar refractivity (Wildman–Crippen MR) is 62.6 cm³/mol. The maximum atomic E-state index is 11.7. The average Bonchev–Trinajstić information content (AvgIpc) is 2.17. The summed E-state index contributed by atoms with van der Waals surface area (Å²) in [6.45, 7) is 7.42. The Bertz CT molecular complexity index is 302. The molecule has 0 rings (SSSR count). The third-order valence-electron chi connectivity index (χ3n) is 2.94. The van der Waals surface area contributed by atoms with Gasteiger partial charge in [0.25, 0.3) is 0 Å². The van der Waals surface area contributed by atoms with Crippen LogP contribution in [-0.4, -0.2) is 25.7 Å². The zero-order chi connectivity index (χ0) is 12.1. The minimum atomic E-state index is -2.92. The van der Waals surface area contributed by atoms with E-state index in [1.165, 1.54) is 0 Å². The standard InChI is InChI=1S/C11H22O3S/c1-5-11(3,4)10(12)8-7-9-15(13,14)6-2/h5-9H2,1-4H3. The molecule has 90 valence electrons. The summed E-state index contributed by atoms with van der Waals surface area (Å²) in [7, 11) is -2.92. The summed E-state index contributed by atoms with van der Waals surface area (Å²) >= 11 is 0. The van der Waals surface area contributed by atoms with E-state index in [2.05, 4.69) is 0 Å². The van der Waals surface area contributed by atoms with Crippen LogP contribution in [0.3, 0.4) is 0 Å². The Morgan fingerprint density at radius 2 is 1.73 bits per heavy atom. The van der Waals surface area contributed by atoms with Crippen LogP contribution in [0, 0.1) is 5.41 Å². The summed E-state index contributed by atoms with van der Waals surface area (Å²) in [6, 6.07) is 0. The highest BCUT2D eigenvalue weighted by atomic mass is 32.2. The smallest absolute Gasteiger partial charge is 0.150 e. The van der Waals surface area contributed by atoms with E-state index in [9.17, 15) is 13.2 Å². The Morgan fingerprint density at radius 3 is 2.13 bits per heavy atom. The molecule has 0 radical (unpaired) electrons. The zero-order valence-corrected chi connectivity index (χ0v) is 11.0.